The highest BCUT2D eigenvalue weighted by Gasteiger charge is 2.25. The quantitative estimate of drug-likeness (QED) is 0.718. The minimum Gasteiger partial charge on any atom is -0.444 e. The molecule has 0 fully saturated rings. The van der Waals surface area contributed by atoms with Crippen LogP contribution < -0.4 is 0 Å². The van der Waals surface area contributed by atoms with Crippen LogP contribution in [0.15, 0.2) is 0 Å². The highest BCUT2D eigenvalue weighted by molar-refractivity contribution is 7.86. The van der Waals surface area contributed by atoms with Crippen LogP contribution in [0.3, 0.4) is 0 Å². The largest absolute Gasteiger partial charge is 0.444 e. The molecule has 0 aliphatic heterocycles. The van der Waals surface area contributed by atoms with Gasteiger partial charge in [-0.1, -0.05) is 0 Å². The van der Waals surface area contributed by atoms with Gasteiger partial charge in [0.15, 0.2) is 0 Å². The number of amides is 1. The number of nitrogens with zero attached hydrogens (tertiary/aromatic N) is 1. The predicted octanol–water partition coefficient (Wildman–Crippen LogP) is 1.54. The third-order valence-electron chi connectivity index (χ3n) is 1.78. The fourth-order valence-electron chi connectivity index (χ4n) is 0.914. The predicted molar refractivity (Wildman–Crippen MR) is 58.4 cm³/mol. The summed E-state index contributed by atoms with van der Waals surface area (Å²) >= 11 is 0. The molecule has 1 unspecified atom stereocenters. The molecule has 0 radical (unpaired) electrons. The zero-order valence-electron chi connectivity index (χ0n) is 10.2. The maximum absolute atomic E-state index is 12.4. The Kier molecular flexibility index (Phi) is 4.72. The molecule has 16 heavy (non-hydrogen) atoms. The molecule has 0 aliphatic carbocycles. The molecule has 96 valence electrons. The van der Waals surface area contributed by atoms with E-state index in [2.05, 4.69) is 0 Å². The van der Waals surface area contributed by atoms with Gasteiger partial charge in [-0.3, -0.25) is 0 Å². The molecule has 0 aliphatic rings. The minimum atomic E-state index is -4.60. The summed E-state index contributed by atoms with van der Waals surface area (Å²) in [5, 5.41) is 0. The van der Waals surface area contributed by atoms with Gasteiger partial charge in [0.05, 0.1) is 0 Å². The normalized spacial score (nSPS) is 14.4. The molecule has 1 amide bonds. The van der Waals surface area contributed by atoms with Gasteiger partial charge in [0.25, 0.3) is 0 Å². The van der Waals surface area contributed by atoms with Gasteiger partial charge in [0, 0.05) is 13.1 Å². The van der Waals surface area contributed by atoms with E-state index in [1.165, 1.54) is 14.0 Å². The number of ether oxygens (including phenoxy) is 1. The molecule has 0 aromatic carbocycles. The summed E-state index contributed by atoms with van der Waals surface area (Å²) in [6.45, 7) is 6.50. The smallest absolute Gasteiger partial charge is 0.410 e. The lowest BCUT2D eigenvalue weighted by atomic mass is 10.2. The number of rotatable bonds is 3. The Hall–Kier alpha value is -0.850. The number of hydrogen-bond donors (Lipinski definition) is 0. The Labute approximate surface area is 95.8 Å². The van der Waals surface area contributed by atoms with Crippen molar-refractivity contribution in [3.63, 3.8) is 0 Å². The van der Waals surface area contributed by atoms with Gasteiger partial charge in [-0.2, -0.15) is 8.42 Å². The summed E-state index contributed by atoms with van der Waals surface area (Å²) in [7, 11) is -3.23. The molecule has 0 saturated carbocycles. The van der Waals surface area contributed by atoms with Crippen molar-refractivity contribution in [2.45, 2.75) is 39.3 Å². The Morgan fingerprint density at radius 3 is 2.19 bits per heavy atom. The van der Waals surface area contributed by atoms with Crippen molar-refractivity contribution >= 4 is 16.3 Å². The van der Waals surface area contributed by atoms with Gasteiger partial charge in [-0.05, 0) is 27.7 Å². The molecule has 1 atom stereocenters. The summed E-state index contributed by atoms with van der Waals surface area (Å²) < 4.78 is 38.2. The van der Waals surface area contributed by atoms with E-state index in [4.69, 9.17) is 4.74 Å². The SMILES string of the molecule is CC(CS(=O)(=O)F)N(C)C(=O)OC(C)(C)C. The van der Waals surface area contributed by atoms with Gasteiger partial charge in [0.1, 0.15) is 11.4 Å². The molecule has 5 nitrogen and oxygen atoms in total. The third kappa shape index (κ3) is 6.60. The van der Waals surface area contributed by atoms with Gasteiger partial charge < -0.3 is 9.64 Å². The molecule has 0 aromatic heterocycles. The molecular weight excluding hydrogens is 237 g/mol. The van der Waals surface area contributed by atoms with Crippen LogP contribution in [0, 0.1) is 0 Å². The van der Waals surface area contributed by atoms with Crippen LogP contribution in [0.2, 0.25) is 0 Å². The van der Waals surface area contributed by atoms with Gasteiger partial charge >= 0.3 is 16.3 Å². The Bertz CT molecular complexity index is 347. The van der Waals surface area contributed by atoms with E-state index < -0.39 is 33.7 Å². The lowest BCUT2D eigenvalue weighted by Crippen LogP contribution is -2.41. The zero-order valence-corrected chi connectivity index (χ0v) is 11.0. The van der Waals surface area contributed by atoms with E-state index in [0.29, 0.717) is 0 Å². The van der Waals surface area contributed by atoms with Gasteiger partial charge in [-0.15, -0.1) is 3.89 Å². The van der Waals surface area contributed by atoms with Crippen molar-refractivity contribution in [1.82, 2.24) is 4.90 Å². The second kappa shape index (κ2) is 4.99. The Morgan fingerprint density at radius 2 is 1.88 bits per heavy atom. The van der Waals surface area contributed by atoms with Crippen LogP contribution >= 0.6 is 0 Å². The molecule has 0 spiro atoms. The summed E-state index contributed by atoms with van der Waals surface area (Å²) in [5.74, 6) is -0.733. The summed E-state index contributed by atoms with van der Waals surface area (Å²) in [5.41, 5.74) is -0.667. The van der Waals surface area contributed by atoms with E-state index in [9.17, 15) is 17.1 Å². The number of carbonyl (C=O) groups is 1. The second-order valence-electron chi connectivity index (χ2n) is 4.65. The summed E-state index contributed by atoms with van der Waals surface area (Å²) in [6, 6.07) is -0.773. The van der Waals surface area contributed by atoms with E-state index in [1.54, 1.807) is 20.8 Å². The van der Waals surface area contributed by atoms with Gasteiger partial charge in [-0.25, -0.2) is 4.79 Å². The van der Waals surface area contributed by atoms with Gasteiger partial charge in [0.2, 0.25) is 0 Å². The van der Waals surface area contributed by atoms with Crippen molar-refractivity contribution in [3.05, 3.63) is 0 Å². The van der Waals surface area contributed by atoms with Crippen LogP contribution in [0.1, 0.15) is 27.7 Å². The maximum Gasteiger partial charge on any atom is 0.410 e. The van der Waals surface area contributed by atoms with Crippen molar-refractivity contribution in [2.75, 3.05) is 12.8 Å². The van der Waals surface area contributed by atoms with Crippen LogP contribution in [0.5, 0.6) is 0 Å². The molecule has 0 aromatic rings. The van der Waals surface area contributed by atoms with Crippen LogP contribution in [-0.4, -0.2) is 43.9 Å². The standard InChI is InChI=1S/C9H18FNO4S/c1-7(6-16(10,13)14)11(5)8(12)15-9(2,3)4/h7H,6H2,1-5H3. The lowest BCUT2D eigenvalue weighted by molar-refractivity contribution is 0.0251. The fourth-order valence-corrected chi connectivity index (χ4v) is 1.71. The maximum atomic E-state index is 12.4. The van der Waals surface area contributed by atoms with Crippen LogP contribution in [-0.2, 0) is 15.0 Å². The van der Waals surface area contributed by atoms with E-state index in [0.717, 1.165) is 4.90 Å². The monoisotopic (exact) mass is 255 g/mol. The third-order valence-corrected chi connectivity index (χ3v) is 2.66. The molecular formula is C9H18FNO4S. The fraction of sp³-hybridized carbons (Fsp3) is 0.889. The lowest BCUT2D eigenvalue weighted by Gasteiger charge is -2.27. The van der Waals surface area contributed by atoms with E-state index >= 15 is 0 Å². The van der Waals surface area contributed by atoms with Crippen molar-refractivity contribution in [1.29, 1.82) is 0 Å². The van der Waals surface area contributed by atoms with Crippen LogP contribution in [0.4, 0.5) is 8.68 Å². The molecule has 0 N–H and O–H groups in total. The first-order valence-corrected chi connectivity index (χ1v) is 6.36. The second-order valence-corrected chi connectivity index (χ2v) is 6.06. The van der Waals surface area contributed by atoms with E-state index in [-0.39, 0.29) is 0 Å². The highest BCUT2D eigenvalue weighted by Crippen LogP contribution is 2.11. The first-order chi connectivity index (χ1) is 6.92. The van der Waals surface area contributed by atoms with Crippen molar-refractivity contribution in [3.8, 4) is 0 Å². The number of carbonyl (C=O) groups excluding carboxylic acids is 1. The molecule has 0 rings (SSSR count). The topological polar surface area (TPSA) is 63.7 Å². The Balaban J connectivity index is 4.45. The number of halogens is 1. The average Bonchev–Trinajstić information content (AvgIpc) is 1.96. The highest BCUT2D eigenvalue weighted by atomic mass is 32.3. The first-order valence-electron chi connectivity index (χ1n) is 4.80. The molecule has 7 heteroatoms. The first kappa shape index (κ1) is 15.2. The minimum absolute atomic E-state index is 0.667. The molecule has 0 bridgehead atoms. The van der Waals surface area contributed by atoms with E-state index in [1.807, 2.05) is 0 Å². The summed E-state index contributed by atoms with van der Waals surface area (Å²) in [6.07, 6.45) is -0.677. The van der Waals surface area contributed by atoms with Crippen molar-refractivity contribution < 1.29 is 21.8 Å². The van der Waals surface area contributed by atoms with Crippen LogP contribution in [0.25, 0.3) is 0 Å². The zero-order chi connectivity index (χ0) is 13.1. The summed E-state index contributed by atoms with van der Waals surface area (Å²) in [4.78, 5) is 12.5. The molecule has 0 heterocycles. The Morgan fingerprint density at radius 1 is 1.44 bits per heavy atom. The average molecular weight is 255 g/mol. The number of hydrogen-bond acceptors (Lipinski definition) is 4. The molecule has 0 saturated heterocycles. The van der Waals surface area contributed by atoms with Crippen molar-refractivity contribution in [2.24, 2.45) is 0 Å².